The van der Waals surface area contributed by atoms with Crippen molar-refractivity contribution < 1.29 is 4.74 Å². The van der Waals surface area contributed by atoms with Crippen LogP contribution in [0.4, 0.5) is 0 Å². The smallest absolute Gasteiger partial charge is 0.124 e. The van der Waals surface area contributed by atoms with Gasteiger partial charge < -0.3 is 15.0 Å². The van der Waals surface area contributed by atoms with Crippen LogP contribution < -0.4 is 5.32 Å². The van der Waals surface area contributed by atoms with Crippen molar-refractivity contribution in [1.82, 2.24) is 15.3 Å². The van der Waals surface area contributed by atoms with Crippen molar-refractivity contribution in [3.05, 3.63) is 42.4 Å². The molecule has 0 bridgehead atoms. The molecule has 2 unspecified atom stereocenters. The van der Waals surface area contributed by atoms with E-state index in [0.29, 0.717) is 0 Å². The van der Waals surface area contributed by atoms with Crippen molar-refractivity contribution in [2.45, 2.75) is 31.9 Å². The minimum absolute atomic E-state index is 0.196. The highest BCUT2D eigenvalue weighted by Gasteiger charge is 2.15. The summed E-state index contributed by atoms with van der Waals surface area (Å²) < 4.78 is 5.55. The van der Waals surface area contributed by atoms with Crippen LogP contribution in [0.1, 0.15) is 31.6 Å². The summed E-state index contributed by atoms with van der Waals surface area (Å²) >= 11 is 0. The fraction of sp³-hybridized carbons (Fsp3) is 0.400. The zero-order chi connectivity index (χ0) is 13.1. The second-order valence-electron chi connectivity index (χ2n) is 4.98. The van der Waals surface area contributed by atoms with Gasteiger partial charge in [0.05, 0.1) is 23.3 Å². The largest absolute Gasteiger partial charge is 0.497 e. The van der Waals surface area contributed by atoms with Gasteiger partial charge in [-0.3, -0.25) is 0 Å². The van der Waals surface area contributed by atoms with Gasteiger partial charge in [0.25, 0.3) is 0 Å². The van der Waals surface area contributed by atoms with Crippen molar-refractivity contribution >= 4 is 11.0 Å². The number of hydrogen-bond acceptors (Lipinski definition) is 3. The fourth-order valence-electron chi connectivity index (χ4n) is 2.32. The number of aromatic nitrogens is 2. The summed E-state index contributed by atoms with van der Waals surface area (Å²) in [5.41, 5.74) is 2.10. The summed E-state index contributed by atoms with van der Waals surface area (Å²) in [4.78, 5) is 7.96. The lowest BCUT2D eigenvalue weighted by Gasteiger charge is -2.21. The molecular formula is C15H19N3O. The maximum atomic E-state index is 5.55. The lowest BCUT2D eigenvalue weighted by molar-refractivity contribution is 0.119. The Hall–Kier alpha value is -1.81. The molecule has 1 aromatic carbocycles. The molecule has 2 N–H and O–H groups in total. The Bertz CT molecular complexity index is 543. The molecule has 1 aromatic heterocycles. The number of benzene rings is 1. The molecule has 19 heavy (non-hydrogen) atoms. The van der Waals surface area contributed by atoms with E-state index in [4.69, 9.17) is 4.74 Å². The molecule has 0 saturated carbocycles. The summed E-state index contributed by atoms with van der Waals surface area (Å²) in [5, 5.41) is 3.48. The van der Waals surface area contributed by atoms with E-state index in [1.165, 1.54) is 0 Å². The fourth-order valence-corrected chi connectivity index (χ4v) is 2.32. The lowest BCUT2D eigenvalue weighted by Crippen LogP contribution is -2.31. The van der Waals surface area contributed by atoms with Gasteiger partial charge in [-0.1, -0.05) is 12.1 Å². The number of hydrogen-bond donors (Lipinski definition) is 2. The molecule has 0 radical (unpaired) electrons. The number of nitrogens with zero attached hydrogens (tertiary/aromatic N) is 1. The molecule has 0 fully saturated rings. The molecule has 100 valence electrons. The quantitative estimate of drug-likeness (QED) is 0.885. The Morgan fingerprint density at radius 3 is 3.16 bits per heavy atom. The van der Waals surface area contributed by atoms with E-state index in [1.807, 2.05) is 30.5 Å². The molecule has 0 spiro atoms. The standard InChI is InChI=1S/C15H19N3O/c1-11(16-10-12-6-4-5-9-19-12)15-17-13-7-2-3-8-14(13)18-15/h2-3,5,7-9,11-12,16H,4,6,10H2,1H3,(H,17,18). The summed E-state index contributed by atoms with van der Waals surface area (Å²) in [6.45, 7) is 2.97. The molecule has 1 aliphatic rings. The summed E-state index contributed by atoms with van der Waals surface area (Å²) in [7, 11) is 0. The molecule has 2 atom stereocenters. The molecule has 2 heterocycles. The minimum Gasteiger partial charge on any atom is -0.497 e. The van der Waals surface area contributed by atoms with Crippen molar-refractivity contribution in [2.24, 2.45) is 0 Å². The first-order chi connectivity index (χ1) is 9.33. The average molecular weight is 257 g/mol. The zero-order valence-corrected chi connectivity index (χ0v) is 11.1. The second-order valence-corrected chi connectivity index (χ2v) is 4.98. The van der Waals surface area contributed by atoms with Crippen LogP contribution in [0.3, 0.4) is 0 Å². The van der Waals surface area contributed by atoms with E-state index in [1.54, 1.807) is 0 Å². The van der Waals surface area contributed by atoms with Crippen molar-refractivity contribution in [2.75, 3.05) is 6.54 Å². The number of fused-ring (bicyclic) bond motifs is 1. The molecule has 1 aliphatic heterocycles. The molecular weight excluding hydrogens is 238 g/mol. The molecule has 4 nitrogen and oxygen atoms in total. The zero-order valence-electron chi connectivity index (χ0n) is 11.1. The Morgan fingerprint density at radius 2 is 2.37 bits per heavy atom. The number of allylic oxidation sites excluding steroid dienone is 1. The molecule has 3 rings (SSSR count). The Labute approximate surface area is 112 Å². The van der Waals surface area contributed by atoms with Crippen LogP contribution in [0.25, 0.3) is 11.0 Å². The molecule has 0 saturated heterocycles. The van der Waals surface area contributed by atoms with Crippen molar-refractivity contribution in [3.63, 3.8) is 0 Å². The van der Waals surface area contributed by atoms with Crippen LogP contribution >= 0.6 is 0 Å². The highest BCUT2D eigenvalue weighted by atomic mass is 16.5. The van der Waals surface area contributed by atoms with E-state index >= 15 is 0 Å². The maximum absolute atomic E-state index is 5.55. The predicted molar refractivity (Wildman–Crippen MR) is 75.8 cm³/mol. The topological polar surface area (TPSA) is 49.9 Å². The van der Waals surface area contributed by atoms with Gasteiger partial charge in [0.15, 0.2) is 0 Å². The molecule has 4 heteroatoms. The monoisotopic (exact) mass is 257 g/mol. The van der Waals surface area contributed by atoms with E-state index in [-0.39, 0.29) is 12.1 Å². The number of para-hydroxylation sites is 2. The first-order valence-electron chi connectivity index (χ1n) is 6.81. The molecule has 0 aliphatic carbocycles. The third-order valence-corrected chi connectivity index (χ3v) is 3.49. The van der Waals surface area contributed by atoms with Gasteiger partial charge in [0.2, 0.25) is 0 Å². The van der Waals surface area contributed by atoms with Crippen molar-refractivity contribution in [3.8, 4) is 0 Å². The third-order valence-electron chi connectivity index (χ3n) is 3.49. The van der Waals surface area contributed by atoms with Gasteiger partial charge >= 0.3 is 0 Å². The number of aromatic amines is 1. The third kappa shape index (κ3) is 2.79. The molecule has 0 amide bonds. The van der Waals surface area contributed by atoms with Crippen LogP contribution in [-0.4, -0.2) is 22.6 Å². The van der Waals surface area contributed by atoms with Crippen LogP contribution in [0.5, 0.6) is 0 Å². The second kappa shape index (κ2) is 5.45. The Morgan fingerprint density at radius 1 is 1.47 bits per heavy atom. The lowest BCUT2D eigenvalue weighted by atomic mass is 10.1. The number of nitrogens with one attached hydrogen (secondary N) is 2. The maximum Gasteiger partial charge on any atom is 0.124 e. The highest BCUT2D eigenvalue weighted by molar-refractivity contribution is 5.74. The number of imidazole rings is 1. The van der Waals surface area contributed by atoms with Crippen LogP contribution in [-0.2, 0) is 4.74 Å². The van der Waals surface area contributed by atoms with Gasteiger partial charge in [0.1, 0.15) is 11.9 Å². The summed E-state index contributed by atoms with van der Waals surface area (Å²) in [6.07, 6.45) is 6.33. The Kier molecular flexibility index (Phi) is 3.51. The van der Waals surface area contributed by atoms with E-state index in [2.05, 4.69) is 28.3 Å². The minimum atomic E-state index is 0.196. The average Bonchev–Trinajstić information content (AvgIpc) is 2.90. The number of ether oxygens (including phenoxy) is 1. The van der Waals surface area contributed by atoms with Gasteiger partial charge in [-0.05, 0) is 38.0 Å². The van der Waals surface area contributed by atoms with Gasteiger partial charge in [-0.25, -0.2) is 4.98 Å². The SMILES string of the molecule is CC(NCC1CCC=CO1)c1nc2ccccc2[nH]1. The summed E-state index contributed by atoms with van der Waals surface area (Å²) in [6, 6.07) is 8.30. The summed E-state index contributed by atoms with van der Waals surface area (Å²) in [5.74, 6) is 0.979. The van der Waals surface area contributed by atoms with Crippen LogP contribution in [0.15, 0.2) is 36.6 Å². The van der Waals surface area contributed by atoms with E-state index in [0.717, 1.165) is 36.2 Å². The highest BCUT2D eigenvalue weighted by Crippen LogP contribution is 2.16. The number of rotatable bonds is 4. The van der Waals surface area contributed by atoms with Crippen molar-refractivity contribution in [1.29, 1.82) is 0 Å². The Balaban J connectivity index is 1.63. The van der Waals surface area contributed by atoms with E-state index < -0.39 is 0 Å². The van der Waals surface area contributed by atoms with Crippen LogP contribution in [0, 0.1) is 0 Å². The molecule has 2 aromatic rings. The first-order valence-corrected chi connectivity index (χ1v) is 6.81. The van der Waals surface area contributed by atoms with E-state index in [9.17, 15) is 0 Å². The van der Waals surface area contributed by atoms with Gasteiger partial charge in [-0.15, -0.1) is 0 Å². The van der Waals surface area contributed by atoms with Crippen LogP contribution in [0.2, 0.25) is 0 Å². The normalized spacial score (nSPS) is 20.4. The predicted octanol–water partition coefficient (Wildman–Crippen LogP) is 2.91. The first kappa shape index (κ1) is 12.2. The number of H-pyrrole nitrogens is 1. The van der Waals surface area contributed by atoms with Gasteiger partial charge in [-0.2, -0.15) is 0 Å². The van der Waals surface area contributed by atoms with Gasteiger partial charge in [0, 0.05) is 6.54 Å².